The van der Waals surface area contributed by atoms with Gasteiger partial charge in [0.1, 0.15) is 0 Å². The summed E-state index contributed by atoms with van der Waals surface area (Å²) in [4.78, 5) is 19.9. The summed E-state index contributed by atoms with van der Waals surface area (Å²) in [5, 5.41) is 0. The molecule has 126 valence electrons. The molecule has 7 heteroatoms. The molecule has 1 aromatic carbocycles. The number of hydrogen-bond donors (Lipinski definition) is 1. The van der Waals surface area contributed by atoms with Crippen LogP contribution in [-0.2, 0) is 4.74 Å². The molecule has 4 rings (SSSR count). The number of rotatable bonds is 3. The van der Waals surface area contributed by atoms with Crippen molar-refractivity contribution in [3.8, 4) is 11.3 Å². The molecule has 0 spiro atoms. The minimum absolute atomic E-state index is 0.200. The number of aromatic nitrogens is 4. The van der Waals surface area contributed by atoms with Crippen LogP contribution in [0.25, 0.3) is 28.5 Å². The molecule has 1 aliphatic heterocycles. The minimum atomic E-state index is 0.200. The topological polar surface area (TPSA) is 90.0 Å². The normalized spacial score (nSPS) is 14.6. The van der Waals surface area contributed by atoms with Gasteiger partial charge in [-0.1, -0.05) is 36.9 Å². The van der Waals surface area contributed by atoms with Gasteiger partial charge in [-0.25, -0.2) is 9.97 Å². The van der Waals surface area contributed by atoms with E-state index in [1.165, 1.54) is 0 Å². The fourth-order valence-corrected chi connectivity index (χ4v) is 2.83. The summed E-state index contributed by atoms with van der Waals surface area (Å²) in [6, 6.07) is 7.99. The van der Waals surface area contributed by atoms with Crippen LogP contribution in [0.15, 0.2) is 37.0 Å². The molecule has 0 atom stereocenters. The third kappa shape index (κ3) is 3.01. The second-order valence-electron chi connectivity index (χ2n) is 5.76. The summed E-state index contributed by atoms with van der Waals surface area (Å²) in [6.07, 6.45) is 3.52. The fraction of sp³-hybridized carbons (Fsp3) is 0.222. The number of nitrogens with two attached hydrogens (primary N) is 1. The van der Waals surface area contributed by atoms with E-state index < -0.39 is 0 Å². The van der Waals surface area contributed by atoms with Crippen molar-refractivity contribution in [3.05, 3.63) is 42.6 Å². The number of morpholine rings is 1. The number of hydrogen-bond acceptors (Lipinski definition) is 7. The van der Waals surface area contributed by atoms with Crippen LogP contribution in [0.1, 0.15) is 5.56 Å². The predicted octanol–water partition coefficient (Wildman–Crippen LogP) is 2.15. The average Bonchev–Trinajstić information content (AvgIpc) is 2.68. The van der Waals surface area contributed by atoms with Crippen molar-refractivity contribution in [1.29, 1.82) is 0 Å². The summed E-state index contributed by atoms with van der Waals surface area (Å²) < 4.78 is 5.42. The summed E-state index contributed by atoms with van der Waals surface area (Å²) in [5.74, 6) is 0.911. The lowest BCUT2D eigenvalue weighted by Gasteiger charge is -2.28. The van der Waals surface area contributed by atoms with Gasteiger partial charge in [0, 0.05) is 18.7 Å². The van der Waals surface area contributed by atoms with Crippen LogP contribution in [0.4, 0.5) is 11.8 Å². The van der Waals surface area contributed by atoms with Crippen LogP contribution in [0, 0.1) is 0 Å². The Balaban J connectivity index is 1.82. The van der Waals surface area contributed by atoms with E-state index >= 15 is 0 Å². The highest BCUT2D eigenvalue weighted by Crippen LogP contribution is 2.26. The monoisotopic (exact) mass is 334 g/mol. The second kappa shape index (κ2) is 6.45. The highest BCUT2D eigenvalue weighted by Gasteiger charge is 2.19. The van der Waals surface area contributed by atoms with Gasteiger partial charge >= 0.3 is 0 Å². The number of nitrogens with zero attached hydrogens (tertiary/aromatic N) is 5. The van der Waals surface area contributed by atoms with Crippen molar-refractivity contribution < 1.29 is 4.74 Å². The molecule has 1 aliphatic rings. The molecule has 2 aromatic heterocycles. The molecule has 2 N–H and O–H groups in total. The molecule has 0 amide bonds. The van der Waals surface area contributed by atoms with Crippen molar-refractivity contribution in [3.63, 3.8) is 0 Å². The highest BCUT2D eigenvalue weighted by molar-refractivity contribution is 5.85. The minimum Gasteiger partial charge on any atom is -0.378 e. The van der Waals surface area contributed by atoms with Crippen LogP contribution in [0.5, 0.6) is 0 Å². The zero-order valence-corrected chi connectivity index (χ0v) is 13.7. The molecule has 1 saturated heterocycles. The van der Waals surface area contributed by atoms with Crippen molar-refractivity contribution in [1.82, 2.24) is 19.9 Å². The molecule has 25 heavy (non-hydrogen) atoms. The van der Waals surface area contributed by atoms with Gasteiger partial charge in [-0.3, -0.25) is 0 Å². The highest BCUT2D eigenvalue weighted by atomic mass is 16.5. The summed E-state index contributed by atoms with van der Waals surface area (Å²) in [7, 11) is 0. The first kappa shape index (κ1) is 15.5. The number of anilines is 2. The molecule has 1 fully saturated rings. The SMILES string of the molecule is C=Cc1ccc(-c2cnc3nc(N)nc(N4CCOCC4)c3n2)cc1. The van der Waals surface area contributed by atoms with E-state index in [9.17, 15) is 0 Å². The smallest absolute Gasteiger partial charge is 0.224 e. The van der Waals surface area contributed by atoms with Crippen LogP contribution in [0.2, 0.25) is 0 Å². The quantitative estimate of drug-likeness (QED) is 0.785. The van der Waals surface area contributed by atoms with E-state index in [0.717, 1.165) is 29.9 Å². The standard InChI is InChI=1S/C18H18N6O/c1-2-12-3-5-13(6-4-12)14-11-20-16-15(21-14)17(23-18(19)22-16)24-7-9-25-10-8-24/h2-6,11H,1,7-10H2,(H2,19,20,22,23). The van der Waals surface area contributed by atoms with E-state index in [1.54, 1.807) is 6.20 Å². The molecule has 7 nitrogen and oxygen atoms in total. The Bertz CT molecular complexity index is 919. The third-order valence-electron chi connectivity index (χ3n) is 4.16. The maximum Gasteiger partial charge on any atom is 0.224 e. The fourth-order valence-electron chi connectivity index (χ4n) is 2.83. The Labute approximate surface area is 145 Å². The first-order valence-corrected chi connectivity index (χ1v) is 8.10. The average molecular weight is 334 g/mol. The van der Waals surface area contributed by atoms with E-state index in [2.05, 4.69) is 26.4 Å². The Morgan fingerprint density at radius 3 is 2.56 bits per heavy atom. The Hall–Kier alpha value is -3.06. The number of ether oxygens (including phenoxy) is 1. The van der Waals surface area contributed by atoms with Gasteiger partial charge in [0.25, 0.3) is 0 Å². The van der Waals surface area contributed by atoms with Gasteiger partial charge in [-0.2, -0.15) is 9.97 Å². The lowest BCUT2D eigenvalue weighted by molar-refractivity contribution is 0.122. The number of nitrogen functional groups attached to an aromatic ring is 1. The van der Waals surface area contributed by atoms with Gasteiger partial charge < -0.3 is 15.4 Å². The summed E-state index contributed by atoms with van der Waals surface area (Å²) in [6.45, 7) is 6.57. The lowest BCUT2D eigenvalue weighted by atomic mass is 10.1. The molecule has 0 bridgehead atoms. The molecule has 0 radical (unpaired) electrons. The number of fused-ring (bicyclic) bond motifs is 1. The Morgan fingerprint density at radius 2 is 1.84 bits per heavy atom. The maximum absolute atomic E-state index is 5.86. The second-order valence-corrected chi connectivity index (χ2v) is 5.76. The Morgan fingerprint density at radius 1 is 1.08 bits per heavy atom. The van der Waals surface area contributed by atoms with Gasteiger partial charge in [0.05, 0.1) is 25.1 Å². The first-order valence-electron chi connectivity index (χ1n) is 8.10. The molecular weight excluding hydrogens is 316 g/mol. The van der Waals surface area contributed by atoms with E-state index in [-0.39, 0.29) is 5.95 Å². The van der Waals surface area contributed by atoms with Gasteiger partial charge in [-0.15, -0.1) is 0 Å². The largest absolute Gasteiger partial charge is 0.378 e. The summed E-state index contributed by atoms with van der Waals surface area (Å²) >= 11 is 0. The van der Waals surface area contributed by atoms with E-state index in [4.69, 9.17) is 15.5 Å². The summed E-state index contributed by atoms with van der Waals surface area (Å²) in [5.41, 5.74) is 9.81. The van der Waals surface area contributed by atoms with Gasteiger partial charge in [-0.05, 0) is 5.56 Å². The molecule has 3 aromatic rings. The molecule has 0 unspecified atom stereocenters. The van der Waals surface area contributed by atoms with Crippen LogP contribution in [0.3, 0.4) is 0 Å². The molecule has 3 heterocycles. The lowest BCUT2D eigenvalue weighted by Crippen LogP contribution is -2.37. The third-order valence-corrected chi connectivity index (χ3v) is 4.16. The van der Waals surface area contributed by atoms with E-state index in [1.807, 2.05) is 30.3 Å². The van der Waals surface area contributed by atoms with Crippen LogP contribution < -0.4 is 10.6 Å². The van der Waals surface area contributed by atoms with Crippen molar-refractivity contribution in [2.75, 3.05) is 36.9 Å². The van der Waals surface area contributed by atoms with Crippen LogP contribution >= 0.6 is 0 Å². The van der Waals surface area contributed by atoms with Gasteiger partial charge in [0.2, 0.25) is 5.95 Å². The molecule has 0 saturated carbocycles. The zero-order chi connectivity index (χ0) is 17.2. The van der Waals surface area contributed by atoms with Crippen LogP contribution in [-0.4, -0.2) is 46.2 Å². The van der Waals surface area contributed by atoms with Crippen molar-refractivity contribution in [2.45, 2.75) is 0 Å². The maximum atomic E-state index is 5.86. The first-order chi connectivity index (χ1) is 12.2. The van der Waals surface area contributed by atoms with Crippen molar-refractivity contribution in [2.24, 2.45) is 0 Å². The molecule has 0 aliphatic carbocycles. The van der Waals surface area contributed by atoms with Gasteiger partial charge in [0.15, 0.2) is 17.0 Å². The Kier molecular flexibility index (Phi) is 3.99. The van der Waals surface area contributed by atoms with E-state index in [0.29, 0.717) is 30.2 Å². The zero-order valence-electron chi connectivity index (χ0n) is 13.7. The predicted molar refractivity (Wildman–Crippen MR) is 98.1 cm³/mol. The molecular formula is C18H18N6O. The number of benzene rings is 1. The van der Waals surface area contributed by atoms with Crippen molar-refractivity contribution >= 4 is 29.0 Å².